The molecular weight excluding hydrogens is 207 g/mol. The SMILES string of the molecule is CSc1ccc(O)c2cc(F)sc12. The number of phenolic OH excluding ortho intramolecular Hbond substituents is 1. The largest absolute Gasteiger partial charge is 0.507 e. The second-order valence-electron chi connectivity index (χ2n) is 2.58. The van der Waals surface area contributed by atoms with E-state index in [0.29, 0.717) is 5.39 Å². The van der Waals surface area contributed by atoms with Crippen LogP contribution in [-0.4, -0.2) is 11.4 Å². The lowest BCUT2D eigenvalue weighted by atomic mass is 10.2. The number of thioether (sulfide) groups is 1. The summed E-state index contributed by atoms with van der Waals surface area (Å²) in [5, 5.41) is 9.78. The van der Waals surface area contributed by atoms with Gasteiger partial charge in [-0.2, -0.15) is 4.39 Å². The third-order valence-corrected chi connectivity index (χ3v) is 3.68. The Morgan fingerprint density at radius 3 is 2.92 bits per heavy atom. The van der Waals surface area contributed by atoms with E-state index in [0.717, 1.165) is 20.9 Å². The van der Waals surface area contributed by atoms with Gasteiger partial charge < -0.3 is 5.11 Å². The Morgan fingerprint density at radius 1 is 1.46 bits per heavy atom. The molecule has 1 N–H and O–H groups in total. The van der Waals surface area contributed by atoms with Gasteiger partial charge in [0.15, 0.2) is 5.13 Å². The number of benzene rings is 1. The first-order valence-corrected chi connectivity index (χ1v) is 5.71. The lowest BCUT2D eigenvalue weighted by molar-refractivity contribution is 0.481. The van der Waals surface area contributed by atoms with Crippen molar-refractivity contribution in [2.24, 2.45) is 0 Å². The van der Waals surface area contributed by atoms with E-state index < -0.39 is 0 Å². The maximum absolute atomic E-state index is 12.9. The summed E-state index contributed by atoms with van der Waals surface area (Å²) >= 11 is 2.62. The van der Waals surface area contributed by atoms with Crippen molar-refractivity contribution in [1.82, 2.24) is 0 Å². The third kappa shape index (κ3) is 1.40. The van der Waals surface area contributed by atoms with Gasteiger partial charge in [-0.3, -0.25) is 0 Å². The van der Waals surface area contributed by atoms with Crippen molar-refractivity contribution >= 4 is 33.2 Å². The summed E-state index contributed by atoms with van der Waals surface area (Å²) in [6.45, 7) is 0. The molecular formula is C9H7FOS2. The summed E-state index contributed by atoms with van der Waals surface area (Å²) in [6.07, 6.45) is 1.93. The highest BCUT2D eigenvalue weighted by Gasteiger charge is 2.08. The molecule has 68 valence electrons. The molecule has 0 saturated heterocycles. The average Bonchev–Trinajstić information content (AvgIpc) is 2.48. The first kappa shape index (κ1) is 8.84. The molecule has 13 heavy (non-hydrogen) atoms. The predicted molar refractivity (Wildman–Crippen MR) is 55.2 cm³/mol. The molecule has 0 saturated carbocycles. The molecule has 0 unspecified atom stereocenters. The van der Waals surface area contributed by atoms with Crippen LogP contribution in [0.2, 0.25) is 0 Å². The van der Waals surface area contributed by atoms with E-state index in [-0.39, 0.29) is 10.9 Å². The number of phenols is 1. The van der Waals surface area contributed by atoms with Gasteiger partial charge in [0.1, 0.15) is 5.75 Å². The number of thiophene rings is 1. The summed E-state index contributed by atoms with van der Waals surface area (Å²) in [5.41, 5.74) is 0. The first-order chi connectivity index (χ1) is 6.22. The fourth-order valence-electron chi connectivity index (χ4n) is 1.22. The number of aromatic hydroxyl groups is 1. The minimum absolute atomic E-state index is 0.146. The average molecular weight is 214 g/mol. The van der Waals surface area contributed by atoms with Crippen molar-refractivity contribution < 1.29 is 9.50 Å². The molecule has 0 radical (unpaired) electrons. The van der Waals surface area contributed by atoms with Crippen molar-refractivity contribution in [2.75, 3.05) is 6.26 Å². The lowest BCUT2D eigenvalue weighted by Crippen LogP contribution is -1.71. The molecule has 0 atom stereocenters. The molecule has 1 aromatic heterocycles. The fourth-order valence-corrected chi connectivity index (χ4v) is 2.90. The smallest absolute Gasteiger partial charge is 0.177 e. The van der Waals surface area contributed by atoms with Gasteiger partial charge >= 0.3 is 0 Å². The van der Waals surface area contributed by atoms with Gasteiger partial charge in [0.05, 0.1) is 4.70 Å². The topological polar surface area (TPSA) is 20.2 Å². The van der Waals surface area contributed by atoms with Crippen molar-refractivity contribution in [3.8, 4) is 5.75 Å². The van der Waals surface area contributed by atoms with Crippen LogP contribution < -0.4 is 0 Å². The van der Waals surface area contributed by atoms with Crippen LogP contribution in [0.1, 0.15) is 0 Å². The molecule has 0 aliphatic carbocycles. The third-order valence-electron chi connectivity index (χ3n) is 1.81. The van der Waals surface area contributed by atoms with E-state index in [4.69, 9.17) is 0 Å². The summed E-state index contributed by atoms with van der Waals surface area (Å²) in [6, 6.07) is 4.77. The van der Waals surface area contributed by atoms with E-state index >= 15 is 0 Å². The van der Waals surface area contributed by atoms with E-state index in [2.05, 4.69) is 0 Å². The first-order valence-electron chi connectivity index (χ1n) is 3.67. The highest BCUT2D eigenvalue weighted by Crippen LogP contribution is 2.37. The Kier molecular flexibility index (Phi) is 2.17. The fraction of sp³-hybridized carbons (Fsp3) is 0.111. The molecule has 0 amide bonds. The van der Waals surface area contributed by atoms with Gasteiger partial charge in [-0.1, -0.05) is 0 Å². The van der Waals surface area contributed by atoms with E-state index in [1.807, 2.05) is 6.26 Å². The minimum Gasteiger partial charge on any atom is -0.507 e. The zero-order valence-corrected chi connectivity index (χ0v) is 8.51. The van der Waals surface area contributed by atoms with Gasteiger partial charge in [0.2, 0.25) is 0 Å². The highest BCUT2D eigenvalue weighted by molar-refractivity contribution is 7.99. The molecule has 1 heterocycles. The number of fused-ring (bicyclic) bond motifs is 1. The molecule has 0 fully saturated rings. The summed E-state index contributed by atoms with van der Waals surface area (Å²) in [5.74, 6) is 0.146. The van der Waals surface area contributed by atoms with E-state index in [1.165, 1.54) is 6.07 Å². The van der Waals surface area contributed by atoms with Gasteiger partial charge in [-0.05, 0) is 24.5 Å². The highest BCUT2D eigenvalue weighted by atomic mass is 32.2. The van der Waals surface area contributed by atoms with Crippen LogP contribution in [0, 0.1) is 5.13 Å². The van der Waals surface area contributed by atoms with Crippen molar-refractivity contribution in [3.63, 3.8) is 0 Å². The molecule has 2 aromatic rings. The maximum atomic E-state index is 12.9. The molecule has 0 spiro atoms. The normalized spacial score (nSPS) is 10.9. The van der Waals surface area contributed by atoms with Crippen LogP contribution in [0.25, 0.3) is 10.1 Å². The molecule has 0 aliphatic rings. The quantitative estimate of drug-likeness (QED) is 0.733. The zero-order chi connectivity index (χ0) is 9.42. The standard InChI is InChI=1S/C9H7FOS2/c1-12-7-3-2-6(11)5-4-8(10)13-9(5)7/h2-4,11H,1H3. The van der Waals surface area contributed by atoms with Gasteiger partial charge in [0, 0.05) is 10.3 Å². The Balaban J connectivity index is 2.83. The lowest BCUT2D eigenvalue weighted by Gasteiger charge is -1.99. The van der Waals surface area contributed by atoms with Gasteiger partial charge in [0.25, 0.3) is 0 Å². The Bertz CT molecular complexity index is 450. The monoisotopic (exact) mass is 214 g/mol. The van der Waals surface area contributed by atoms with Crippen molar-refractivity contribution in [1.29, 1.82) is 0 Å². The van der Waals surface area contributed by atoms with Crippen LogP contribution in [0.4, 0.5) is 4.39 Å². The van der Waals surface area contributed by atoms with Crippen LogP contribution in [0.5, 0.6) is 5.75 Å². The van der Waals surface area contributed by atoms with Gasteiger partial charge in [-0.25, -0.2) is 0 Å². The van der Waals surface area contributed by atoms with E-state index in [1.54, 1.807) is 23.9 Å². The number of hydrogen-bond donors (Lipinski definition) is 1. The molecule has 1 aromatic carbocycles. The Morgan fingerprint density at radius 2 is 2.23 bits per heavy atom. The Labute approximate surface area is 83.2 Å². The minimum atomic E-state index is -0.258. The molecule has 4 heteroatoms. The Hall–Kier alpha value is -0.740. The number of rotatable bonds is 1. The zero-order valence-electron chi connectivity index (χ0n) is 6.87. The van der Waals surface area contributed by atoms with E-state index in [9.17, 15) is 9.50 Å². The summed E-state index contributed by atoms with van der Waals surface area (Å²) < 4.78 is 13.7. The number of hydrogen-bond acceptors (Lipinski definition) is 3. The second kappa shape index (κ2) is 3.20. The van der Waals surface area contributed by atoms with Crippen molar-refractivity contribution in [3.05, 3.63) is 23.3 Å². The number of halogens is 1. The van der Waals surface area contributed by atoms with Crippen LogP contribution in [0.3, 0.4) is 0 Å². The van der Waals surface area contributed by atoms with Crippen LogP contribution in [0.15, 0.2) is 23.1 Å². The van der Waals surface area contributed by atoms with Crippen LogP contribution >= 0.6 is 23.1 Å². The molecule has 1 nitrogen and oxygen atoms in total. The van der Waals surface area contributed by atoms with Crippen LogP contribution in [-0.2, 0) is 0 Å². The van der Waals surface area contributed by atoms with Gasteiger partial charge in [-0.15, -0.1) is 23.1 Å². The summed E-state index contributed by atoms with van der Waals surface area (Å²) in [4.78, 5) is 1.00. The summed E-state index contributed by atoms with van der Waals surface area (Å²) in [7, 11) is 0. The molecule has 2 rings (SSSR count). The van der Waals surface area contributed by atoms with Crippen molar-refractivity contribution in [2.45, 2.75) is 4.90 Å². The molecule has 0 bridgehead atoms. The predicted octanol–water partition coefficient (Wildman–Crippen LogP) is 3.47. The maximum Gasteiger partial charge on any atom is 0.177 e. The molecule has 0 aliphatic heterocycles. The second-order valence-corrected chi connectivity index (χ2v) is 4.43.